The fraction of sp³-hybridized carbons (Fsp3) is 0.200. The lowest BCUT2D eigenvalue weighted by molar-refractivity contribution is 0.307. The molecule has 0 aliphatic heterocycles. The summed E-state index contributed by atoms with van der Waals surface area (Å²) in [5.74, 6) is -0.154. The van der Waals surface area contributed by atoms with Crippen LogP contribution >= 0.6 is 0 Å². The quantitative estimate of drug-likeness (QED) is 0.329. The van der Waals surface area contributed by atoms with Gasteiger partial charge in [-0.05, 0) is 29.3 Å². The van der Waals surface area contributed by atoms with Crippen LogP contribution in [0.2, 0.25) is 0 Å². The Kier molecular flexibility index (Phi) is 5.32. The molecule has 8 heteroatoms. The summed E-state index contributed by atoms with van der Waals surface area (Å²) in [5.41, 5.74) is 9.12. The number of halogens is 1. The van der Waals surface area contributed by atoms with Crippen LogP contribution in [0.1, 0.15) is 5.56 Å². The van der Waals surface area contributed by atoms with Crippen molar-refractivity contribution in [1.29, 1.82) is 10.9 Å². The van der Waals surface area contributed by atoms with E-state index in [4.69, 9.17) is 20.8 Å². The van der Waals surface area contributed by atoms with Crippen molar-refractivity contribution in [2.24, 2.45) is 5.22 Å². The predicted octanol–water partition coefficient (Wildman–Crippen LogP) is 2.61. The van der Waals surface area contributed by atoms with Gasteiger partial charge < -0.3 is 9.84 Å². The van der Waals surface area contributed by atoms with Gasteiger partial charge in [-0.25, -0.2) is 14.4 Å². The lowest BCUT2D eigenvalue weighted by Crippen LogP contribution is -2.26. The monoisotopic (exact) mass is 317 g/mol. The number of hydrogen-bond donors (Lipinski definition) is 3. The van der Waals surface area contributed by atoms with Crippen molar-refractivity contribution in [3.8, 4) is 17.0 Å². The summed E-state index contributed by atoms with van der Waals surface area (Å²) in [6, 6.07) is 7.67. The minimum absolute atomic E-state index is 0.105. The minimum Gasteiger partial charge on any atom is -0.481 e. The summed E-state index contributed by atoms with van der Waals surface area (Å²) in [6.45, 7) is -0.412. The van der Waals surface area contributed by atoms with Crippen molar-refractivity contribution in [3.63, 3.8) is 0 Å². The van der Waals surface area contributed by atoms with Gasteiger partial charge in [0.15, 0.2) is 0 Å². The van der Waals surface area contributed by atoms with Crippen molar-refractivity contribution in [1.82, 2.24) is 9.99 Å². The van der Waals surface area contributed by atoms with Crippen LogP contribution in [-0.4, -0.2) is 34.7 Å². The fourth-order valence-corrected chi connectivity index (χ4v) is 2.03. The summed E-state index contributed by atoms with van der Waals surface area (Å²) in [6.07, 6.45) is 1.54. The molecule has 0 fully saturated rings. The molecule has 120 valence electrons. The SMILES string of the molecule is COc1ncc(CN(N=N)C(=N)CO)cc1-c1ccc(F)cc1. The van der Waals surface area contributed by atoms with Crippen LogP contribution in [0.15, 0.2) is 41.8 Å². The maximum absolute atomic E-state index is 13.1. The van der Waals surface area contributed by atoms with Gasteiger partial charge in [-0.3, -0.25) is 5.41 Å². The maximum atomic E-state index is 13.1. The van der Waals surface area contributed by atoms with Crippen LogP contribution in [0.4, 0.5) is 4.39 Å². The highest BCUT2D eigenvalue weighted by atomic mass is 19.1. The number of hydrogen-bond acceptors (Lipinski definition) is 6. The summed E-state index contributed by atoms with van der Waals surface area (Å²) in [5, 5.41) is 20.8. The van der Waals surface area contributed by atoms with Gasteiger partial charge in [0.1, 0.15) is 18.3 Å². The highest BCUT2D eigenvalue weighted by Crippen LogP contribution is 2.29. The summed E-state index contributed by atoms with van der Waals surface area (Å²) < 4.78 is 18.3. The Morgan fingerprint density at radius 3 is 2.65 bits per heavy atom. The first-order valence-electron chi connectivity index (χ1n) is 6.71. The average Bonchev–Trinajstić information content (AvgIpc) is 2.59. The summed E-state index contributed by atoms with van der Waals surface area (Å²) >= 11 is 0. The zero-order valence-corrected chi connectivity index (χ0v) is 12.5. The molecule has 2 aromatic rings. The zero-order chi connectivity index (χ0) is 16.8. The predicted molar refractivity (Wildman–Crippen MR) is 81.7 cm³/mol. The Morgan fingerprint density at radius 1 is 1.39 bits per heavy atom. The number of ether oxygens (including phenoxy) is 1. The van der Waals surface area contributed by atoms with Gasteiger partial charge in [0.05, 0.1) is 13.7 Å². The Labute approximate surface area is 132 Å². The molecule has 0 saturated carbocycles. The van der Waals surface area contributed by atoms with Crippen LogP contribution in [0.25, 0.3) is 11.1 Å². The van der Waals surface area contributed by atoms with Crippen molar-refractivity contribution >= 4 is 5.84 Å². The maximum Gasteiger partial charge on any atom is 0.221 e. The third-order valence-electron chi connectivity index (χ3n) is 3.17. The molecule has 0 aliphatic rings. The molecule has 0 unspecified atom stereocenters. The molecule has 1 aromatic heterocycles. The van der Waals surface area contributed by atoms with Gasteiger partial charge in [0, 0.05) is 11.8 Å². The Hall–Kier alpha value is -2.87. The Balaban J connectivity index is 2.37. The molecule has 0 spiro atoms. The van der Waals surface area contributed by atoms with E-state index in [0.29, 0.717) is 17.0 Å². The van der Waals surface area contributed by atoms with Crippen LogP contribution in [0.5, 0.6) is 5.88 Å². The van der Waals surface area contributed by atoms with E-state index in [2.05, 4.69) is 10.2 Å². The van der Waals surface area contributed by atoms with Gasteiger partial charge >= 0.3 is 0 Å². The number of benzene rings is 1. The molecule has 0 bridgehead atoms. The Morgan fingerprint density at radius 2 is 2.09 bits per heavy atom. The van der Waals surface area contributed by atoms with Crippen LogP contribution < -0.4 is 4.74 Å². The molecule has 0 atom stereocenters. The standard InChI is InChI=1S/C15H16FN5O2/c1-23-15-13(11-2-4-12(16)5-3-11)6-10(7-19-15)8-21(20-18)14(17)9-22/h2-7,17-18,22H,8-9H2,1H3. The number of aromatic nitrogens is 1. The number of amidine groups is 1. The second-order valence-corrected chi connectivity index (χ2v) is 4.67. The number of aliphatic hydroxyl groups is 1. The van der Waals surface area contributed by atoms with E-state index in [-0.39, 0.29) is 18.2 Å². The molecule has 0 amide bonds. The van der Waals surface area contributed by atoms with E-state index in [9.17, 15) is 4.39 Å². The number of aliphatic hydroxyl groups excluding tert-OH is 1. The summed E-state index contributed by atoms with van der Waals surface area (Å²) in [4.78, 5) is 4.19. The lowest BCUT2D eigenvalue weighted by Gasteiger charge is -2.17. The first kappa shape index (κ1) is 16.5. The second-order valence-electron chi connectivity index (χ2n) is 4.67. The average molecular weight is 317 g/mol. The lowest BCUT2D eigenvalue weighted by atomic mass is 10.1. The molecule has 2 rings (SSSR count). The second kappa shape index (κ2) is 7.41. The molecule has 0 aliphatic carbocycles. The van der Waals surface area contributed by atoms with Crippen LogP contribution in [0.3, 0.4) is 0 Å². The van der Waals surface area contributed by atoms with E-state index < -0.39 is 6.61 Å². The largest absolute Gasteiger partial charge is 0.481 e. The van der Waals surface area contributed by atoms with E-state index >= 15 is 0 Å². The van der Waals surface area contributed by atoms with Crippen molar-refractivity contribution in [2.45, 2.75) is 6.54 Å². The number of methoxy groups -OCH3 is 1. The number of rotatable bonds is 6. The molecular weight excluding hydrogens is 301 g/mol. The minimum atomic E-state index is -0.517. The molecular formula is C15H16FN5O2. The highest BCUT2D eigenvalue weighted by Gasteiger charge is 2.13. The third kappa shape index (κ3) is 3.86. The molecule has 0 saturated heterocycles. The number of pyridine rings is 1. The number of nitrogens with one attached hydrogen (secondary N) is 2. The molecule has 0 radical (unpaired) electrons. The fourth-order valence-electron chi connectivity index (χ4n) is 2.03. The van der Waals surface area contributed by atoms with Crippen molar-refractivity contribution in [3.05, 3.63) is 47.9 Å². The molecule has 3 N–H and O–H groups in total. The van der Waals surface area contributed by atoms with Crippen molar-refractivity contribution < 1.29 is 14.2 Å². The van der Waals surface area contributed by atoms with Crippen LogP contribution in [-0.2, 0) is 6.54 Å². The van der Waals surface area contributed by atoms with Gasteiger partial charge in [-0.1, -0.05) is 17.4 Å². The van der Waals surface area contributed by atoms with E-state index in [1.54, 1.807) is 18.2 Å². The van der Waals surface area contributed by atoms with Gasteiger partial charge in [-0.2, -0.15) is 5.53 Å². The van der Waals surface area contributed by atoms with E-state index in [0.717, 1.165) is 10.6 Å². The van der Waals surface area contributed by atoms with Gasteiger partial charge in [-0.15, -0.1) is 0 Å². The van der Waals surface area contributed by atoms with E-state index in [1.165, 1.54) is 25.4 Å². The normalized spacial score (nSPS) is 10.2. The third-order valence-corrected chi connectivity index (χ3v) is 3.17. The molecule has 7 nitrogen and oxygen atoms in total. The highest BCUT2D eigenvalue weighted by molar-refractivity contribution is 5.79. The topological polar surface area (TPSA) is 106 Å². The van der Waals surface area contributed by atoms with Crippen molar-refractivity contribution in [2.75, 3.05) is 13.7 Å². The molecule has 1 heterocycles. The molecule has 1 aromatic carbocycles. The molecule has 23 heavy (non-hydrogen) atoms. The smallest absolute Gasteiger partial charge is 0.221 e. The van der Waals surface area contributed by atoms with E-state index in [1.807, 2.05) is 0 Å². The van der Waals surface area contributed by atoms with Gasteiger partial charge in [0.25, 0.3) is 0 Å². The van der Waals surface area contributed by atoms with Crippen LogP contribution in [0, 0.1) is 16.8 Å². The first-order chi connectivity index (χ1) is 11.1. The summed E-state index contributed by atoms with van der Waals surface area (Å²) in [7, 11) is 1.49. The number of nitrogens with zero attached hydrogens (tertiary/aromatic N) is 3. The first-order valence-corrected chi connectivity index (χ1v) is 6.71. The Bertz CT molecular complexity index is 706. The zero-order valence-electron chi connectivity index (χ0n) is 12.5. The van der Waals surface area contributed by atoms with Gasteiger partial charge in [0.2, 0.25) is 5.88 Å².